The predicted molar refractivity (Wildman–Crippen MR) is 71.7 cm³/mol. The Morgan fingerprint density at radius 2 is 1.89 bits per heavy atom. The Morgan fingerprint density at radius 3 is 2.58 bits per heavy atom. The third-order valence-corrected chi connectivity index (χ3v) is 2.41. The second-order valence-corrected chi connectivity index (χ2v) is 3.81. The van der Waals surface area contributed by atoms with E-state index in [-0.39, 0.29) is 5.46 Å². The van der Waals surface area contributed by atoms with Crippen LogP contribution in [0.25, 0.3) is 0 Å². The zero-order chi connectivity index (χ0) is 13.7. The van der Waals surface area contributed by atoms with Crippen LogP contribution in [0.15, 0.2) is 42.7 Å². The second kappa shape index (κ2) is 6.22. The molecule has 2 N–H and O–H groups in total. The first-order chi connectivity index (χ1) is 9.20. The summed E-state index contributed by atoms with van der Waals surface area (Å²) in [6, 6.07) is 8.77. The van der Waals surface area contributed by atoms with Crippen LogP contribution in [0.4, 0.5) is 0 Å². The van der Waals surface area contributed by atoms with E-state index in [9.17, 15) is 0 Å². The molecule has 0 fully saturated rings. The Hall–Kier alpha value is -2.05. The summed E-state index contributed by atoms with van der Waals surface area (Å²) < 4.78 is 11.1. The summed E-state index contributed by atoms with van der Waals surface area (Å²) in [7, 11) is -1.57. The molecule has 0 radical (unpaired) electrons. The fraction of sp³-hybridized carbons (Fsp3) is 0.154. The van der Waals surface area contributed by atoms with Crippen molar-refractivity contribution in [3.8, 4) is 17.2 Å². The Labute approximate surface area is 111 Å². The number of pyridine rings is 1. The normalized spacial score (nSPS) is 10.1. The van der Waals surface area contributed by atoms with Gasteiger partial charge >= 0.3 is 7.12 Å². The number of rotatable bonds is 5. The van der Waals surface area contributed by atoms with Crippen molar-refractivity contribution in [2.24, 2.45) is 0 Å². The number of nitrogens with zero attached hydrogens (tertiary/aromatic N) is 1. The summed E-state index contributed by atoms with van der Waals surface area (Å²) in [5.41, 5.74) is 0.270. The van der Waals surface area contributed by atoms with Gasteiger partial charge in [0, 0.05) is 11.7 Å². The van der Waals surface area contributed by atoms with Gasteiger partial charge in [0.1, 0.15) is 5.75 Å². The average Bonchev–Trinajstić information content (AvgIpc) is 2.41. The molecule has 5 nitrogen and oxygen atoms in total. The fourth-order valence-corrected chi connectivity index (χ4v) is 1.57. The fourth-order valence-electron chi connectivity index (χ4n) is 1.57. The third kappa shape index (κ3) is 3.46. The van der Waals surface area contributed by atoms with E-state index >= 15 is 0 Å². The number of ether oxygens (including phenoxy) is 2. The Kier molecular flexibility index (Phi) is 4.38. The molecule has 98 valence electrons. The van der Waals surface area contributed by atoms with Gasteiger partial charge in [0.15, 0.2) is 11.5 Å². The molecule has 0 unspecified atom stereocenters. The lowest BCUT2D eigenvalue weighted by molar-refractivity contribution is 0.321. The van der Waals surface area contributed by atoms with Crippen LogP contribution >= 0.6 is 0 Å². The van der Waals surface area contributed by atoms with E-state index in [1.54, 1.807) is 12.1 Å². The summed E-state index contributed by atoms with van der Waals surface area (Å²) in [5.74, 6) is 1.59. The molecule has 0 spiro atoms. The van der Waals surface area contributed by atoms with E-state index in [0.29, 0.717) is 23.9 Å². The number of hydrogen-bond acceptors (Lipinski definition) is 5. The third-order valence-electron chi connectivity index (χ3n) is 2.41. The number of para-hydroxylation sites is 2. The Morgan fingerprint density at radius 1 is 1.16 bits per heavy atom. The van der Waals surface area contributed by atoms with Crippen molar-refractivity contribution in [2.45, 2.75) is 6.92 Å². The standard InChI is InChI=1S/C13H14BNO4/c1-2-18-12-5-3-4-6-13(12)19-11-7-10(14(16)17)8-15-9-11/h3-9,16-17H,2H2,1H3. The van der Waals surface area contributed by atoms with Gasteiger partial charge in [0.25, 0.3) is 0 Å². The maximum Gasteiger partial charge on any atom is 0.490 e. The van der Waals surface area contributed by atoms with Crippen molar-refractivity contribution >= 4 is 12.6 Å². The molecule has 2 rings (SSSR count). The van der Waals surface area contributed by atoms with Crippen molar-refractivity contribution in [2.75, 3.05) is 6.61 Å². The zero-order valence-electron chi connectivity index (χ0n) is 10.5. The van der Waals surface area contributed by atoms with Crippen LogP contribution < -0.4 is 14.9 Å². The van der Waals surface area contributed by atoms with Crippen LogP contribution in [0.3, 0.4) is 0 Å². The molecule has 0 aliphatic rings. The van der Waals surface area contributed by atoms with Crippen molar-refractivity contribution in [3.63, 3.8) is 0 Å². The molecule has 1 heterocycles. The Balaban J connectivity index is 2.23. The predicted octanol–water partition coefficient (Wildman–Crippen LogP) is 0.952. The van der Waals surface area contributed by atoms with Gasteiger partial charge in [-0.1, -0.05) is 12.1 Å². The van der Waals surface area contributed by atoms with Gasteiger partial charge in [-0.25, -0.2) is 0 Å². The largest absolute Gasteiger partial charge is 0.490 e. The molecule has 0 atom stereocenters. The Bertz CT molecular complexity index is 548. The van der Waals surface area contributed by atoms with Gasteiger partial charge in [-0.3, -0.25) is 4.98 Å². The minimum Gasteiger partial charge on any atom is -0.490 e. The quantitative estimate of drug-likeness (QED) is 0.782. The first-order valence-electron chi connectivity index (χ1n) is 5.91. The van der Waals surface area contributed by atoms with Crippen molar-refractivity contribution in [3.05, 3.63) is 42.7 Å². The maximum atomic E-state index is 9.09. The minimum absolute atomic E-state index is 0.270. The molecule has 0 amide bonds. The van der Waals surface area contributed by atoms with Gasteiger partial charge in [0.05, 0.1) is 12.8 Å². The van der Waals surface area contributed by atoms with Crippen LogP contribution in [-0.2, 0) is 0 Å². The summed E-state index contributed by atoms with van der Waals surface area (Å²) in [5, 5.41) is 18.2. The highest BCUT2D eigenvalue weighted by Gasteiger charge is 2.13. The second-order valence-electron chi connectivity index (χ2n) is 3.81. The minimum atomic E-state index is -1.57. The highest BCUT2D eigenvalue weighted by molar-refractivity contribution is 6.58. The average molecular weight is 259 g/mol. The molecule has 0 saturated heterocycles. The lowest BCUT2D eigenvalue weighted by Crippen LogP contribution is -2.29. The monoisotopic (exact) mass is 259 g/mol. The molecule has 0 saturated carbocycles. The maximum absolute atomic E-state index is 9.09. The van der Waals surface area contributed by atoms with E-state index in [0.717, 1.165) is 0 Å². The van der Waals surface area contributed by atoms with Gasteiger partial charge in [0.2, 0.25) is 0 Å². The number of aromatic nitrogens is 1. The molecule has 1 aromatic heterocycles. The van der Waals surface area contributed by atoms with E-state index in [2.05, 4.69) is 4.98 Å². The highest BCUT2D eigenvalue weighted by Crippen LogP contribution is 2.30. The summed E-state index contributed by atoms with van der Waals surface area (Å²) in [6.45, 7) is 2.43. The first-order valence-corrected chi connectivity index (χ1v) is 5.91. The topological polar surface area (TPSA) is 71.8 Å². The van der Waals surface area contributed by atoms with Crippen molar-refractivity contribution in [1.29, 1.82) is 0 Å². The molecule has 2 aromatic rings. The van der Waals surface area contributed by atoms with Crippen LogP contribution in [0, 0.1) is 0 Å². The molecule has 1 aromatic carbocycles. The van der Waals surface area contributed by atoms with E-state index < -0.39 is 7.12 Å². The van der Waals surface area contributed by atoms with E-state index in [4.69, 9.17) is 19.5 Å². The molecule has 19 heavy (non-hydrogen) atoms. The van der Waals surface area contributed by atoms with Crippen molar-refractivity contribution in [1.82, 2.24) is 4.98 Å². The lowest BCUT2D eigenvalue weighted by atomic mass is 9.82. The summed E-state index contributed by atoms with van der Waals surface area (Å²) >= 11 is 0. The van der Waals surface area contributed by atoms with Gasteiger partial charge in [-0.05, 0) is 25.1 Å². The molecular weight excluding hydrogens is 245 g/mol. The molecule has 0 aliphatic carbocycles. The van der Waals surface area contributed by atoms with Gasteiger partial charge in [-0.2, -0.15) is 0 Å². The number of benzene rings is 1. The van der Waals surface area contributed by atoms with E-state index in [1.165, 1.54) is 18.5 Å². The molecule has 0 bridgehead atoms. The van der Waals surface area contributed by atoms with E-state index in [1.807, 2.05) is 19.1 Å². The molecular formula is C13H14BNO4. The molecule has 6 heteroatoms. The summed E-state index contributed by atoms with van der Waals surface area (Å²) in [4.78, 5) is 3.89. The number of hydrogen-bond donors (Lipinski definition) is 2. The van der Waals surface area contributed by atoms with Crippen LogP contribution in [0.5, 0.6) is 17.2 Å². The SMILES string of the molecule is CCOc1ccccc1Oc1cncc(B(O)O)c1. The lowest BCUT2D eigenvalue weighted by Gasteiger charge is -2.11. The summed E-state index contributed by atoms with van der Waals surface area (Å²) in [6.07, 6.45) is 2.86. The van der Waals surface area contributed by atoms with Gasteiger partial charge in [-0.15, -0.1) is 0 Å². The molecule has 0 aliphatic heterocycles. The van der Waals surface area contributed by atoms with Crippen LogP contribution in [-0.4, -0.2) is 28.8 Å². The smallest absolute Gasteiger partial charge is 0.490 e. The van der Waals surface area contributed by atoms with Crippen LogP contribution in [0.1, 0.15) is 6.92 Å². The first kappa shape index (κ1) is 13.4. The van der Waals surface area contributed by atoms with Gasteiger partial charge < -0.3 is 19.5 Å². The zero-order valence-corrected chi connectivity index (χ0v) is 10.5. The van der Waals surface area contributed by atoms with Crippen molar-refractivity contribution < 1.29 is 19.5 Å². The van der Waals surface area contributed by atoms with Crippen LogP contribution in [0.2, 0.25) is 0 Å². The highest BCUT2D eigenvalue weighted by atomic mass is 16.5.